The Kier molecular flexibility index (Phi) is 8.13. The van der Waals surface area contributed by atoms with Crippen LogP contribution in [0.15, 0.2) is 51.9 Å². The van der Waals surface area contributed by atoms with E-state index in [0.29, 0.717) is 24.4 Å². The third-order valence-electron chi connectivity index (χ3n) is 6.02. The first-order valence-corrected chi connectivity index (χ1v) is 14.2. The Balaban J connectivity index is 1.69. The molecule has 4 rings (SSSR count). The monoisotopic (exact) mass is 508 g/mol. The third-order valence-corrected chi connectivity index (χ3v) is 7.76. The van der Waals surface area contributed by atoms with Crippen LogP contribution in [0.2, 0.25) is 0 Å². The molecule has 3 aromatic rings. The molecule has 35 heavy (non-hydrogen) atoms. The molecule has 0 bridgehead atoms. The summed E-state index contributed by atoms with van der Waals surface area (Å²) in [7, 11) is 0. The van der Waals surface area contributed by atoms with Crippen molar-refractivity contribution in [2.24, 2.45) is 10.7 Å². The molecular weight excluding hydrogens is 476 g/mol. The van der Waals surface area contributed by atoms with Crippen molar-refractivity contribution in [3.8, 4) is 10.4 Å². The zero-order chi connectivity index (χ0) is 24.9. The van der Waals surface area contributed by atoms with E-state index in [1.54, 1.807) is 27.7 Å². The predicted octanol–water partition coefficient (Wildman–Crippen LogP) is 5.52. The molecule has 0 aliphatic carbocycles. The minimum atomic E-state index is 0.0334. The van der Waals surface area contributed by atoms with E-state index in [1.165, 1.54) is 0 Å². The lowest BCUT2D eigenvalue weighted by molar-refractivity contribution is -0.127. The Hall–Kier alpha value is -2.84. The Morgan fingerprint density at radius 2 is 1.97 bits per heavy atom. The highest BCUT2D eigenvalue weighted by Crippen LogP contribution is 2.36. The molecule has 0 saturated carbocycles. The van der Waals surface area contributed by atoms with Gasteiger partial charge in [-0.2, -0.15) is 11.8 Å². The highest BCUT2D eigenvalue weighted by atomic mass is 32.2. The topological polar surface area (TPSA) is 80.7 Å². The van der Waals surface area contributed by atoms with Crippen LogP contribution in [0.4, 0.5) is 5.69 Å². The molecule has 0 radical (unpaired) electrons. The van der Waals surface area contributed by atoms with Gasteiger partial charge in [0.25, 0.3) is 5.56 Å². The summed E-state index contributed by atoms with van der Waals surface area (Å²) in [6, 6.07) is 10.0. The van der Waals surface area contributed by atoms with E-state index < -0.39 is 0 Å². The molecule has 184 valence electrons. The number of amidine groups is 1. The number of nitrogens with zero attached hydrogens (tertiary/aromatic N) is 3. The summed E-state index contributed by atoms with van der Waals surface area (Å²) in [5.74, 6) is 1.37. The predicted molar refractivity (Wildman–Crippen MR) is 151 cm³/mol. The van der Waals surface area contributed by atoms with Gasteiger partial charge in [-0.15, -0.1) is 11.3 Å². The number of amides is 1. The van der Waals surface area contributed by atoms with Gasteiger partial charge in [0, 0.05) is 58.7 Å². The molecule has 1 aliphatic rings. The van der Waals surface area contributed by atoms with Gasteiger partial charge in [-0.05, 0) is 48.9 Å². The molecule has 0 fully saturated rings. The Morgan fingerprint density at radius 3 is 2.69 bits per heavy atom. The van der Waals surface area contributed by atoms with Crippen molar-refractivity contribution in [1.82, 2.24) is 9.47 Å². The number of hydrogen-bond acceptors (Lipinski definition) is 6. The number of aryl methyl sites for hydroxylation is 1. The van der Waals surface area contributed by atoms with Crippen molar-refractivity contribution in [2.75, 3.05) is 25.1 Å². The van der Waals surface area contributed by atoms with Crippen LogP contribution in [0.1, 0.15) is 38.7 Å². The van der Waals surface area contributed by atoms with Crippen LogP contribution in [-0.4, -0.2) is 46.3 Å². The number of nitrogens with two attached hydrogens (primary N) is 1. The molecule has 3 heterocycles. The van der Waals surface area contributed by atoms with Crippen LogP contribution in [0.5, 0.6) is 0 Å². The summed E-state index contributed by atoms with van der Waals surface area (Å²) in [6.07, 6.45) is 8.03. The first-order chi connectivity index (χ1) is 16.9. The van der Waals surface area contributed by atoms with Crippen molar-refractivity contribution in [3.05, 3.63) is 58.0 Å². The molecule has 1 amide bonds. The Morgan fingerprint density at radius 1 is 1.20 bits per heavy atom. The second kappa shape index (κ2) is 11.3. The average Bonchev–Trinajstić information content (AvgIpc) is 3.21. The number of thiophene rings is 1. The summed E-state index contributed by atoms with van der Waals surface area (Å²) in [5.41, 5.74) is 9.58. The van der Waals surface area contributed by atoms with Crippen LogP contribution in [-0.2, 0) is 11.3 Å². The van der Waals surface area contributed by atoms with E-state index in [-0.39, 0.29) is 11.5 Å². The number of aromatic nitrogens is 1. The number of carbonyl (C=O) groups is 1. The fourth-order valence-electron chi connectivity index (χ4n) is 4.32. The molecule has 0 atom stereocenters. The smallest absolute Gasteiger partial charge is 0.259 e. The molecule has 2 N–H and O–H groups in total. The van der Waals surface area contributed by atoms with Crippen molar-refractivity contribution >= 4 is 56.7 Å². The van der Waals surface area contributed by atoms with E-state index in [0.717, 1.165) is 63.5 Å². The summed E-state index contributed by atoms with van der Waals surface area (Å²) in [5, 5.41) is 0.742. The fraction of sp³-hybridized carbons (Fsp3) is 0.370. The van der Waals surface area contributed by atoms with E-state index in [9.17, 15) is 9.59 Å². The lowest BCUT2D eigenvalue weighted by atomic mass is 10.0. The highest BCUT2D eigenvalue weighted by molar-refractivity contribution is 7.98. The first kappa shape index (κ1) is 25.3. The summed E-state index contributed by atoms with van der Waals surface area (Å²) in [6.45, 7) is 6.33. The van der Waals surface area contributed by atoms with Crippen LogP contribution in [0, 0.1) is 0 Å². The molecule has 0 saturated heterocycles. The van der Waals surface area contributed by atoms with Gasteiger partial charge >= 0.3 is 0 Å². The van der Waals surface area contributed by atoms with Crippen molar-refractivity contribution in [3.63, 3.8) is 0 Å². The standard InChI is InChI=1S/C27H32N4O2S2/c1-4-9-30(10-5-2)26(32)20-14-18-6-7-19(15-22(18)29-25(28)16-20)24-17-21-23(35-24)8-11-31(27(21)33)12-13-34-3/h6-8,11,14-15,17H,4-5,9-10,12-13,16H2,1-3H3,(H2,28,29). The van der Waals surface area contributed by atoms with Crippen molar-refractivity contribution in [2.45, 2.75) is 39.7 Å². The number of fused-ring (bicyclic) bond motifs is 2. The van der Waals surface area contributed by atoms with E-state index in [4.69, 9.17) is 5.73 Å². The molecule has 6 nitrogen and oxygen atoms in total. The summed E-state index contributed by atoms with van der Waals surface area (Å²) >= 11 is 3.33. The zero-order valence-electron chi connectivity index (χ0n) is 20.5. The van der Waals surface area contributed by atoms with Gasteiger partial charge in [0.15, 0.2) is 0 Å². The third kappa shape index (κ3) is 5.54. The normalized spacial score (nSPS) is 13.2. The fourth-order valence-corrected chi connectivity index (χ4v) is 5.75. The Bertz CT molecular complexity index is 1350. The lowest BCUT2D eigenvalue weighted by Crippen LogP contribution is -2.34. The second-order valence-electron chi connectivity index (χ2n) is 8.71. The minimum Gasteiger partial charge on any atom is -0.387 e. The number of carbonyl (C=O) groups excluding carboxylic acids is 1. The van der Waals surface area contributed by atoms with Crippen molar-refractivity contribution in [1.29, 1.82) is 0 Å². The van der Waals surface area contributed by atoms with Gasteiger partial charge in [-0.25, -0.2) is 4.99 Å². The molecular formula is C27H32N4O2S2. The molecule has 1 aliphatic heterocycles. The van der Waals surface area contributed by atoms with E-state index in [1.807, 2.05) is 53.8 Å². The maximum atomic E-state index is 13.2. The maximum Gasteiger partial charge on any atom is 0.259 e. The zero-order valence-corrected chi connectivity index (χ0v) is 22.2. The minimum absolute atomic E-state index is 0.0334. The number of benzene rings is 1. The molecule has 1 aromatic carbocycles. The van der Waals surface area contributed by atoms with Crippen LogP contribution < -0.4 is 11.3 Å². The SMILES string of the molecule is CCCN(CCC)C(=O)C1=Cc2ccc(-c3cc4c(=O)n(CCSC)ccc4s3)cc2N=C(N)C1. The Labute approximate surface area is 214 Å². The van der Waals surface area contributed by atoms with Gasteiger partial charge < -0.3 is 15.2 Å². The second-order valence-corrected chi connectivity index (χ2v) is 10.8. The van der Waals surface area contributed by atoms with E-state index >= 15 is 0 Å². The van der Waals surface area contributed by atoms with Crippen LogP contribution >= 0.6 is 23.1 Å². The molecule has 0 spiro atoms. The van der Waals surface area contributed by atoms with Crippen LogP contribution in [0.3, 0.4) is 0 Å². The number of hydrogen-bond donors (Lipinski definition) is 1. The number of aliphatic imine (C=N–C) groups is 1. The highest BCUT2D eigenvalue weighted by Gasteiger charge is 2.21. The first-order valence-electron chi connectivity index (χ1n) is 12.0. The van der Waals surface area contributed by atoms with Gasteiger partial charge in [0.05, 0.1) is 11.1 Å². The average molecular weight is 509 g/mol. The van der Waals surface area contributed by atoms with Crippen LogP contribution in [0.25, 0.3) is 26.6 Å². The maximum absolute atomic E-state index is 13.2. The van der Waals surface area contributed by atoms with Crippen molar-refractivity contribution < 1.29 is 4.79 Å². The van der Waals surface area contributed by atoms with Gasteiger partial charge in [-0.1, -0.05) is 26.0 Å². The van der Waals surface area contributed by atoms with E-state index in [2.05, 4.69) is 18.8 Å². The lowest BCUT2D eigenvalue weighted by Gasteiger charge is -2.22. The molecule has 2 aromatic heterocycles. The summed E-state index contributed by atoms with van der Waals surface area (Å²) < 4.78 is 2.75. The number of pyridine rings is 1. The largest absolute Gasteiger partial charge is 0.387 e. The van der Waals surface area contributed by atoms with Gasteiger partial charge in [0.2, 0.25) is 5.91 Å². The number of thioether (sulfide) groups is 1. The quantitative estimate of drug-likeness (QED) is 0.413. The molecule has 0 unspecified atom stereocenters. The number of rotatable bonds is 9. The van der Waals surface area contributed by atoms with Gasteiger partial charge in [0.1, 0.15) is 5.84 Å². The summed E-state index contributed by atoms with van der Waals surface area (Å²) in [4.78, 5) is 33.7. The van der Waals surface area contributed by atoms with Gasteiger partial charge in [-0.3, -0.25) is 9.59 Å². The molecule has 8 heteroatoms.